The molecule has 32 heavy (non-hydrogen) atoms. The van der Waals surface area contributed by atoms with E-state index in [2.05, 4.69) is 16.3 Å². The van der Waals surface area contributed by atoms with Gasteiger partial charge in [-0.15, -0.1) is 0 Å². The maximum atomic E-state index is 13.0. The number of ether oxygens (including phenoxy) is 1. The van der Waals surface area contributed by atoms with Crippen molar-refractivity contribution in [2.75, 3.05) is 31.5 Å². The van der Waals surface area contributed by atoms with Crippen molar-refractivity contribution in [1.82, 2.24) is 9.80 Å². The predicted molar refractivity (Wildman–Crippen MR) is 123 cm³/mol. The molecule has 1 saturated heterocycles. The second-order valence-electron chi connectivity index (χ2n) is 8.93. The zero-order valence-corrected chi connectivity index (χ0v) is 18.9. The SMILES string of the molecule is CC(C)(C)OC(=O)Nc1ccc(C(=O)N2CCCN(Cc3ccc(C#N)cc3)CC2)cc1. The molecule has 1 fully saturated rings. The number of carbonyl (C=O) groups excluding carboxylic acids is 2. The first-order chi connectivity index (χ1) is 15.2. The lowest BCUT2D eigenvalue weighted by atomic mass is 10.1. The number of hydrogen-bond acceptors (Lipinski definition) is 5. The van der Waals surface area contributed by atoms with E-state index in [-0.39, 0.29) is 5.91 Å². The Morgan fingerprint density at radius 2 is 1.69 bits per heavy atom. The Labute approximate surface area is 189 Å². The average Bonchev–Trinajstić information content (AvgIpc) is 2.98. The number of hydrogen-bond donors (Lipinski definition) is 1. The van der Waals surface area contributed by atoms with E-state index in [0.717, 1.165) is 31.6 Å². The van der Waals surface area contributed by atoms with Crippen LogP contribution in [-0.2, 0) is 11.3 Å². The molecule has 0 radical (unpaired) electrons. The molecule has 168 valence electrons. The first-order valence-corrected chi connectivity index (χ1v) is 10.8. The van der Waals surface area contributed by atoms with Gasteiger partial charge in [0.15, 0.2) is 0 Å². The summed E-state index contributed by atoms with van der Waals surface area (Å²) in [6, 6.07) is 16.7. The number of carbonyl (C=O) groups is 2. The quantitative estimate of drug-likeness (QED) is 0.777. The molecule has 2 aromatic carbocycles. The summed E-state index contributed by atoms with van der Waals surface area (Å²) in [5, 5.41) is 11.6. The summed E-state index contributed by atoms with van der Waals surface area (Å²) in [5.74, 6) is -0.00552. The van der Waals surface area contributed by atoms with Gasteiger partial charge in [0.2, 0.25) is 0 Å². The molecular weight excluding hydrogens is 404 g/mol. The van der Waals surface area contributed by atoms with E-state index in [0.29, 0.717) is 29.9 Å². The highest BCUT2D eigenvalue weighted by Crippen LogP contribution is 2.16. The Bertz CT molecular complexity index is 972. The van der Waals surface area contributed by atoms with Gasteiger partial charge in [-0.3, -0.25) is 15.0 Å². The first kappa shape index (κ1) is 23.3. The molecule has 1 heterocycles. The highest BCUT2D eigenvalue weighted by molar-refractivity contribution is 5.95. The molecule has 7 nitrogen and oxygen atoms in total. The zero-order chi connectivity index (χ0) is 23.1. The highest BCUT2D eigenvalue weighted by Gasteiger charge is 2.21. The molecule has 1 N–H and O–H groups in total. The zero-order valence-electron chi connectivity index (χ0n) is 18.9. The summed E-state index contributed by atoms with van der Waals surface area (Å²) in [7, 11) is 0. The fourth-order valence-electron chi connectivity index (χ4n) is 3.58. The smallest absolute Gasteiger partial charge is 0.412 e. The second kappa shape index (κ2) is 10.3. The molecular formula is C25H30N4O3. The molecule has 0 aliphatic carbocycles. The van der Waals surface area contributed by atoms with Crippen LogP contribution in [0.5, 0.6) is 0 Å². The lowest BCUT2D eigenvalue weighted by molar-refractivity contribution is 0.0635. The summed E-state index contributed by atoms with van der Waals surface area (Å²) in [6.07, 6.45) is 0.381. The van der Waals surface area contributed by atoms with Crippen LogP contribution < -0.4 is 5.32 Å². The van der Waals surface area contributed by atoms with Crippen LogP contribution in [0.1, 0.15) is 48.7 Å². The van der Waals surface area contributed by atoms with Crippen molar-refractivity contribution < 1.29 is 14.3 Å². The van der Waals surface area contributed by atoms with Crippen molar-refractivity contribution in [3.63, 3.8) is 0 Å². The van der Waals surface area contributed by atoms with Gasteiger partial charge in [-0.25, -0.2) is 4.79 Å². The third kappa shape index (κ3) is 6.82. The van der Waals surface area contributed by atoms with E-state index in [1.165, 1.54) is 0 Å². The Hall–Kier alpha value is -3.37. The highest BCUT2D eigenvalue weighted by atomic mass is 16.6. The number of nitrogens with zero attached hydrogens (tertiary/aromatic N) is 3. The monoisotopic (exact) mass is 434 g/mol. The first-order valence-electron chi connectivity index (χ1n) is 10.8. The minimum absolute atomic E-state index is 0.00552. The van der Waals surface area contributed by atoms with Crippen LogP contribution in [0.4, 0.5) is 10.5 Å². The molecule has 1 aliphatic rings. The summed E-state index contributed by atoms with van der Waals surface area (Å²) in [6.45, 7) is 9.31. The minimum Gasteiger partial charge on any atom is -0.444 e. The number of nitrogens with one attached hydrogen (secondary N) is 1. The van der Waals surface area contributed by atoms with Crippen molar-refractivity contribution in [1.29, 1.82) is 5.26 Å². The van der Waals surface area contributed by atoms with Crippen LogP contribution in [0.3, 0.4) is 0 Å². The molecule has 0 aromatic heterocycles. The molecule has 3 rings (SSSR count). The Morgan fingerprint density at radius 1 is 1.00 bits per heavy atom. The molecule has 2 amide bonds. The van der Waals surface area contributed by atoms with Gasteiger partial charge in [0.05, 0.1) is 11.6 Å². The fraction of sp³-hybridized carbons (Fsp3) is 0.400. The summed E-state index contributed by atoms with van der Waals surface area (Å²) in [4.78, 5) is 29.1. The molecule has 2 aromatic rings. The average molecular weight is 435 g/mol. The van der Waals surface area contributed by atoms with Gasteiger partial charge in [-0.1, -0.05) is 12.1 Å². The van der Waals surface area contributed by atoms with Gasteiger partial charge in [-0.05, 0) is 69.2 Å². The maximum absolute atomic E-state index is 13.0. The number of rotatable bonds is 4. The van der Waals surface area contributed by atoms with Crippen molar-refractivity contribution in [3.8, 4) is 6.07 Å². The summed E-state index contributed by atoms with van der Waals surface area (Å²) in [5.41, 5.74) is 2.44. The number of amides is 2. The normalized spacial score (nSPS) is 14.9. The Kier molecular flexibility index (Phi) is 7.49. The van der Waals surface area contributed by atoms with E-state index in [1.54, 1.807) is 45.0 Å². The van der Waals surface area contributed by atoms with Crippen molar-refractivity contribution >= 4 is 17.7 Å². The van der Waals surface area contributed by atoms with Gasteiger partial charge in [0, 0.05) is 44.0 Å². The number of nitriles is 1. The topological polar surface area (TPSA) is 85.7 Å². The molecule has 1 aliphatic heterocycles. The lowest BCUT2D eigenvalue weighted by Gasteiger charge is -2.22. The summed E-state index contributed by atoms with van der Waals surface area (Å²) >= 11 is 0. The lowest BCUT2D eigenvalue weighted by Crippen LogP contribution is -2.35. The molecule has 0 atom stereocenters. The van der Waals surface area contributed by atoms with Crippen molar-refractivity contribution in [2.45, 2.75) is 39.3 Å². The Balaban J connectivity index is 1.53. The molecule has 7 heteroatoms. The van der Waals surface area contributed by atoms with E-state index in [9.17, 15) is 9.59 Å². The third-order valence-electron chi connectivity index (χ3n) is 5.14. The minimum atomic E-state index is -0.569. The van der Waals surface area contributed by atoms with Crippen LogP contribution in [0.25, 0.3) is 0 Å². The molecule has 0 unspecified atom stereocenters. The standard InChI is InChI=1S/C25H30N4O3/c1-25(2,3)32-24(31)27-22-11-9-21(10-12-22)23(30)29-14-4-13-28(15-16-29)18-20-7-5-19(17-26)6-8-20/h5-12H,4,13-16,18H2,1-3H3,(H,27,31). The molecule has 0 bridgehead atoms. The van der Waals surface area contributed by atoms with Crippen LogP contribution in [-0.4, -0.2) is 53.6 Å². The number of benzene rings is 2. The van der Waals surface area contributed by atoms with Gasteiger partial charge in [0.1, 0.15) is 5.60 Å². The van der Waals surface area contributed by atoms with Crippen LogP contribution in [0.15, 0.2) is 48.5 Å². The van der Waals surface area contributed by atoms with E-state index >= 15 is 0 Å². The second-order valence-corrected chi connectivity index (χ2v) is 8.93. The van der Waals surface area contributed by atoms with E-state index in [1.807, 2.05) is 29.2 Å². The van der Waals surface area contributed by atoms with Gasteiger partial charge in [0.25, 0.3) is 5.91 Å². The summed E-state index contributed by atoms with van der Waals surface area (Å²) < 4.78 is 5.25. The number of anilines is 1. The van der Waals surface area contributed by atoms with Gasteiger partial charge in [-0.2, -0.15) is 5.26 Å². The van der Waals surface area contributed by atoms with Crippen LogP contribution in [0.2, 0.25) is 0 Å². The van der Waals surface area contributed by atoms with Crippen LogP contribution >= 0.6 is 0 Å². The van der Waals surface area contributed by atoms with Crippen molar-refractivity contribution in [3.05, 3.63) is 65.2 Å². The maximum Gasteiger partial charge on any atom is 0.412 e. The van der Waals surface area contributed by atoms with Gasteiger partial charge >= 0.3 is 6.09 Å². The van der Waals surface area contributed by atoms with Gasteiger partial charge < -0.3 is 9.64 Å². The fourth-order valence-corrected chi connectivity index (χ4v) is 3.58. The van der Waals surface area contributed by atoms with Crippen molar-refractivity contribution in [2.24, 2.45) is 0 Å². The molecule has 0 saturated carbocycles. The predicted octanol–water partition coefficient (Wildman–Crippen LogP) is 4.25. The Morgan fingerprint density at radius 3 is 2.31 bits per heavy atom. The molecule has 0 spiro atoms. The van der Waals surface area contributed by atoms with E-state index in [4.69, 9.17) is 10.00 Å². The van der Waals surface area contributed by atoms with E-state index < -0.39 is 11.7 Å². The third-order valence-corrected chi connectivity index (χ3v) is 5.14. The largest absolute Gasteiger partial charge is 0.444 e. The van der Waals surface area contributed by atoms with Crippen LogP contribution in [0, 0.1) is 11.3 Å².